The Hall–Kier alpha value is -2.97. The quantitative estimate of drug-likeness (QED) is 0.626. The standard InChI is InChI=1S/C22H25N3O4S/c1-3-21(26)24-18-14-25(15-18)30(28,29)19-9-10-20(16(2)13-19)22(27)23-12-11-17-7-5-4-6-8-17/h3-10,13,18H,1,11-12,14-15H2,2H3,(H,23,27)(H,24,26). The zero-order valence-electron chi connectivity index (χ0n) is 16.8. The molecule has 1 heterocycles. The Bertz CT molecular complexity index is 1050. The van der Waals surface area contributed by atoms with Crippen molar-refractivity contribution in [1.29, 1.82) is 0 Å². The smallest absolute Gasteiger partial charge is 0.251 e. The van der Waals surface area contributed by atoms with Gasteiger partial charge in [-0.2, -0.15) is 4.31 Å². The molecule has 3 rings (SSSR count). The lowest BCUT2D eigenvalue weighted by Gasteiger charge is -2.38. The van der Waals surface area contributed by atoms with Crippen LogP contribution in [-0.4, -0.2) is 50.2 Å². The molecule has 0 atom stereocenters. The molecule has 0 bridgehead atoms. The van der Waals surface area contributed by atoms with Crippen molar-refractivity contribution in [1.82, 2.24) is 14.9 Å². The molecule has 0 spiro atoms. The summed E-state index contributed by atoms with van der Waals surface area (Å²) in [5, 5.41) is 5.54. The molecule has 2 amide bonds. The van der Waals surface area contributed by atoms with Crippen LogP contribution in [0.5, 0.6) is 0 Å². The molecule has 7 nitrogen and oxygen atoms in total. The summed E-state index contributed by atoms with van der Waals surface area (Å²) in [7, 11) is -3.67. The van der Waals surface area contributed by atoms with E-state index in [2.05, 4.69) is 17.2 Å². The van der Waals surface area contributed by atoms with Gasteiger partial charge >= 0.3 is 0 Å². The van der Waals surface area contributed by atoms with Crippen LogP contribution in [-0.2, 0) is 21.2 Å². The highest BCUT2D eigenvalue weighted by molar-refractivity contribution is 7.89. The summed E-state index contributed by atoms with van der Waals surface area (Å²) in [6.07, 6.45) is 1.88. The number of rotatable bonds is 8. The minimum atomic E-state index is -3.67. The van der Waals surface area contributed by atoms with E-state index in [9.17, 15) is 18.0 Å². The second-order valence-corrected chi connectivity index (χ2v) is 9.14. The van der Waals surface area contributed by atoms with Gasteiger partial charge < -0.3 is 10.6 Å². The van der Waals surface area contributed by atoms with Crippen LogP contribution in [0, 0.1) is 6.92 Å². The highest BCUT2D eigenvalue weighted by atomic mass is 32.2. The van der Waals surface area contributed by atoms with E-state index >= 15 is 0 Å². The van der Waals surface area contributed by atoms with Gasteiger partial charge in [0.1, 0.15) is 0 Å². The average Bonchev–Trinajstić information content (AvgIpc) is 2.70. The molecule has 30 heavy (non-hydrogen) atoms. The number of sulfonamides is 1. The summed E-state index contributed by atoms with van der Waals surface area (Å²) in [5.41, 5.74) is 2.17. The topological polar surface area (TPSA) is 95.6 Å². The Morgan fingerprint density at radius 3 is 2.50 bits per heavy atom. The first kappa shape index (κ1) is 21.7. The monoisotopic (exact) mass is 427 g/mol. The van der Waals surface area contributed by atoms with Crippen LogP contribution in [0.1, 0.15) is 21.5 Å². The fourth-order valence-corrected chi connectivity index (χ4v) is 4.86. The summed E-state index contributed by atoms with van der Waals surface area (Å²) < 4.78 is 26.8. The Labute approximate surface area is 176 Å². The van der Waals surface area contributed by atoms with Crippen molar-refractivity contribution in [3.05, 3.63) is 77.9 Å². The van der Waals surface area contributed by atoms with Crippen molar-refractivity contribution in [3.8, 4) is 0 Å². The Balaban J connectivity index is 1.59. The van der Waals surface area contributed by atoms with Crippen molar-refractivity contribution in [3.63, 3.8) is 0 Å². The van der Waals surface area contributed by atoms with Crippen molar-refractivity contribution in [2.45, 2.75) is 24.3 Å². The van der Waals surface area contributed by atoms with E-state index in [1.54, 1.807) is 6.92 Å². The Morgan fingerprint density at radius 2 is 1.87 bits per heavy atom. The van der Waals surface area contributed by atoms with Gasteiger partial charge in [0.05, 0.1) is 10.9 Å². The van der Waals surface area contributed by atoms with Crippen LogP contribution in [0.15, 0.2) is 66.1 Å². The molecule has 0 radical (unpaired) electrons. The Morgan fingerprint density at radius 1 is 1.17 bits per heavy atom. The third-order valence-electron chi connectivity index (χ3n) is 5.00. The van der Waals surface area contributed by atoms with E-state index in [-0.39, 0.29) is 35.8 Å². The average molecular weight is 428 g/mol. The van der Waals surface area contributed by atoms with Crippen molar-refractivity contribution in [2.24, 2.45) is 0 Å². The first-order valence-electron chi connectivity index (χ1n) is 9.67. The summed E-state index contributed by atoms with van der Waals surface area (Å²) in [6.45, 7) is 6.01. The van der Waals surface area contributed by atoms with E-state index in [1.165, 1.54) is 22.5 Å². The van der Waals surface area contributed by atoms with Gasteiger partial charge in [0, 0.05) is 25.2 Å². The van der Waals surface area contributed by atoms with Crippen LogP contribution in [0.4, 0.5) is 0 Å². The van der Waals surface area contributed by atoms with Crippen molar-refractivity contribution < 1.29 is 18.0 Å². The van der Waals surface area contributed by atoms with E-state index in [0.29, 0.717) is 17.7 Å². The highest BCUT2D eigenvalue weighted by Crippen LogP contribution is 2.23. The Kier molecular flexibility index (Phi) is 6.69. The summed E-state index contributed by atoms with van der Waals surface area (Å²) in [6, 6.07) is 14.1. The third-order valence-corrected chi connectivity index (χ3v) is 6.83. The second-order valence-electron chi connectivity index (χ2n) is 7.20. The van der Waals surface area contributed by atoms with Gasteiger partial charge in [-0.15, -0.1) is 0 Å². The summed E-state index contributed by atoms with van der Waals surface area (Å²) in [5.74, 6) is -0.556. The molecule has 158 valence electrons. The largest absolute Gasteiger partial charge is 0.352 e. The first-order chi connectivity index (χ1) is 14.3. The van der Waals surface area contributed by atoms with Crippen LogP contribution in [0.2, 0.25) is 0 Å². The first-order valence-corrected chi connectivity index (χ1v) is 11.1. The molecule has 2 N–H and O–H groups in total. The number of carbonyl (C=O) groups is 2. The molecular weight excluding hydrogens is 402 g/mol. The molecule has 1 aliphatic rings. The molecule has 1 fully saturated rings. The number of hydrogen-bond acceptors (Lipinski definition) is 4. The third kappa shape index (κ3) is 4.95. The molecule has 0 saturated carbocycles. The maximum absolute atomic E-state index is 12.8. The molecule has 0 unspecified atom stereocenters. The lowest BCUT2D eigenvalue weighted by atomic mass is 10.1. The van der Waals surface area contributed by atoms with Crippen LogP contribution >= 0.6 is 0 Å². The van der Waals surface area contributed by atoms with Gasteiger partial charge in [0.2, 0.25) is 15.9 Å². The van der Waals surface area contributed by atoms with Crippen molar-refractivity contribution in [2.75, 3.05) is 19.6 Å². The lowest BCUT2D eigenvalue weighted by molar-refractivity contribution is -0.117. The zero-order valence-corrected chi connectivity index (χ0v) is 17.6. The van der Waals surface area contributed by atoms with Crippen LogP contribution in [0.3, 0.4) is 0 Å². The SMILES string of the molecule is C=CC(=O)NC1CN(S(=O)(=O)c2ccc(C(=O)NCCc3ccccc3)c(C)c2)C1. The van der Waals surface area contributed by atoms with Gasteiger partial charge in [-0.3, -0.25) is 9.59 Å². The number of aryl methyl sites for hydroxylation is 1. The van der Waals surface area contributed by atoms with Gasteiger partial charge in [-0.1, -0.05) is 36.9 Å². The van der Waals surface area contributed by atoms with Crippen molar-refractivity contribution >= 4 is 21.8 Å². The number of hydrogen-bond donors (Lipinski definition) is 2. The predicted octanol–water partition coefficient (Wildman–Crippen LogP) is 1.64. The number of amides is 2. The zero-order chi connectivity index (χ0) is 21.7. The molecular formula is C22H25N3O4S. The highest BCUT2D eigenvalue weighted by Gasteiger charge is 2.37. The number of benzene rings is 2. The fourth-order valence-electron chi connectivity index (χ4n) is 3.25. The molecule has 0 aliphatic carbocycles. The molecule has 0 aromatic heterocycles. The van der Waals surface area contributed by atoms with Gasteiger partial charge in [-0.25, -0.2) is 8.42 Å². The van der Waals surface area contributed by atoms with E-state index in [0.717, 1.165) is 18.1 Å². The van der Waals surface area contributed by atoms with Gasteiger partial charge in [0.15, 0.2) is 0 Å². The van der Waals surface area contributed by atoms with Gasteiger partial charge in [-0.05, 0) is 48.7 Å². The van der Waals surface area contributed by atoms with E-state index in [4.69, 9.17) is 0 Å². The lowest BCUT2D eigenvalue weighted by Crippen LogP contribution is -2.60. The van der Waals surface area contributed by atoms with Gasteiger partial charge in [0.25, 0.3) is 5.91 Å². The summed E-state index contributed by atoms with van der Waals surface area (Å²) in [4.78, 5) is 23.9. The molecule has 1 saturated heterocycles. The molecule has 1 aliphatic heterocycles. The normalized spacial score (nSPS) is 14.6. The van der Waals surface area contributed by atoms with Crippen LogP contribution in [0.25, 0.3) is 0 Å². The van der Waals surface area contributed by atoms with E-state index in [1.807, 2.05) is 30.3 Å². The number of nitrogens with zero attached hydrogens (tertiary/aromatic N) is 1. The minimum absolute atomic E-state index is 0.134. The number of carbonyl (C=O) groups excluding carboxylic acids is 2. The minimum Gasteiger partial charge on any atom is -0.352 e. The molecule has 2 aromatic carbocycles. The fraction of sp³-hybridized carbons (Fsp3) is 0.273. The molecule has 8 heteroatoms. The second kappa shape index (κ2) is 9.23. The maximum Gasteiger partial charge on any atom is 0.251 e. The number of nitrogens with one attached hydrogen (secondary N) is 2. The predicted molar refractivity (Wildman–Crippen MR) is 115 cm³/mol. The van der Waals surface area contributed by atoms with E-state index < -0.39 is 10.0 Å². The van der Waals surface area contributed by atoms with Crippen LogP contribution < -0.4 is 10.6 Å². The molecule has 2 aromatic rings. The summed E-state index contributed by atoms with van der Waals surface area (Å²) >= 11 is 0. The maximum atomic E-state index is 12.8.